The molecule has 0 amide bonds. The Morgan fingerprint density at radius 1 is 1.47 bits per heavy atom. The van der Waals surface area contributed by atoms with E-state index >= 15 is 0 Å². The van der Waals surface area contributed by atoms with Gasteiger partial charge in [-0.25, -0.2) is 4.79 Å². The summed E-state index contributed by atoms with van der Waals surface area (Å²) in [4.78, 5) is 15.9. The van der Waals surface area contributed by atoms with Gasteiger partial charge in [0.15, 0.2) is 0 Å². The van der Waals surface area contributed by atoms with Crippen LogP contribution in [0.4, 0.5) is 0 Å². The number of carbonyl (C=O) groups excluding carboxylic acids is 1. The molecule has 0 atom stereocenters. The fourth-order valence-corrected chi connectivity index (χ4v) is 2.81. The van der Waals surface area contributed by atoms with Crippen LogP contribution in [-0.2, 0) is 10.3 Å². The van der Waals surface area contributed by atoms with Crippen LogP contribution in [0.5, 0.6) is 0 Å². The van der Waals surface area contributed by atoms with Crippen molar-refractivity contribution in [1.29, 1.82) is 5.26 Å². The molecule has 3 rings (SSSR count). The van der Waals surface area contributed by atoms with Crippen molar-refractivity contribution in [3.8, 4) is 6.07 Å². The number of esters is 1. The Hall–Kier alpha value is -1.89. The fourth-order valence-electron chi connectivity index (χ4n) is 2.81. The van der Waals surface area contributed by atoms with E-state index in [9.17, 15) is 4.79 Å². The number of hydrogen-bond acceptors (Lipinski definition) is 4. The van der Waals surface area contributed by atoms with Crippen LogP contribution >= 0.6 is 0 Å². The standard InChI is InChI=1S/C13H12N2O2/c14-7-9-1-4-13(5-2-9)11-8-15-6-3-10(11)12(16)17-13/h3,6,8-9H,1-2,4-5H2/t9-,13+. The second-order valence-electron chi connectivity index (χ2n) is 4.71. The molecule has 1 aliphatic carbocycles. The molecule has 1 fully saturated rings. The van der Waals surface area contributed by atoms with Gasteiger partial charge < -0.3 is 4.74 Å². The van der Waals surface area contributed by atoms with Crippen molar-refractivity contribution in [2.24, 2.45) is 5.92 Å². The van der Waals surface area contributed by atoms with Crippen molar-refractivity contribution in [3.63, 3.8) is 0 Å². The molecule has 86 valence electrons. The van der Waals surface area contributed by atoms with E-state index < -0.39 is 5.60 Å². The SMILES string of the molecule is N#C[C@H]1CC[C@]2(CC1)OC(=O)c1ccncc12. The van der Waals surface area contributed by atoms with Gasteiger partial charge in [-0.2, -0.15) is 5.26 Å². The van der Waals surface area contributed by atoms with E-state index in [0.717, 1.165) is 31.2 Å². The number of nitriles is 1. The Balaban J connectivity index is 1.97. The highest BCUT2D eigenvalue weighted by Crippen LogP contribution is 2.47. The Morgan fingerprint density at radius 2 is 2.24 bits per heavy atom. The van der Waals surface area contributed by atoms with Gasteiger partial charge in [0.25, 0.3) is 0 Å². The van der Waals surface area contributed by atoms with Gasteiger partial charge in [-0.1, -0.05) is 0 Å². The molecule has 0 aromatic carbocycles. The molecule has 4 heteroatoms. The second-order valence-corrected chi connectivity index (χ2v) is 4.71. The summed E-state index contributed by atoms with van der Waals surface area (Å²) in [5, 5.41) is 8.90. The molecule has 1 aliphatic heterocycles. The van der Waals surface area contributed by atoms with E-state index in [4.69, 9.17) is 10.00 Å². The quantitative estimate of drug-likeness (QED) is 0.638. The van der Waals surface area contributed by atoms with Crippen LogP contribution in [0.15, 0.2) is 18.5 Å². The van der Waals surface area contributed by atoms with Crippen LogP contribution in [-0.4, -0.2) is 11.0 Å². The first kappa shape index (κ1) is 10.3. The van der Waals surface area contributed by atoms with Crippen LogP contribution in [0.2, 0.25) is 0 Å². The molecule has 2 aliphatic rings. The maximum Gasteiger partial charge on any atom is 0.339 e. The van der Waals surface area contributed by atoms with E-state index in [1.54, 1.807) is 18.5 Å². The molecule has 1 aromatic heterocycles. The number of aromatic nitrogens is 1. The monoisotopic (exact) mass is 228 g/mol. The molecule has 4 nitrogen and oxygen atoms in total. The maximum atomic E-state index is 11.8. The Morgan fingerprint density at radius 3 is 2.94 bits per heavy atom. The minimum Gasteiger partial charge on any atom is -0.450 e. The zero-order valence-corrected chi connectivity index (χ0v) is 9.35. The van der Waals surface area contributed by atoms with E-state index in [-0.39, 0.29) is 11.9 Å². The van der Waals surface area contributed by atoms with Gasteiger partial charge in [0.05, 0.1) is 11.6 Å². The predicted molar refractivity (Wildman–Crippen MR) is 58.9 cm³/mol. The van der Waals surface area contributed by atoms with Crippen molar-refractivity contribution in [3.05, 3.63) is 29.6 Å². The summed E-state index contributed by atoms with van der Waals surface area (Å²) in [6.45, 7) is 0. The summed E-state index contributed by atoms with van der Waals surface area (Å²) < 4.78 is 5.56. The second kappa shape index (κ2) is 3.56. The van der Waals surface area contributed by atoms with Gasteiger partial charge in [0, 0.05) is 23.9 Å². The number of ether oxygens (including phenoxy) is 1. The summed E-state index contributed by atoms with van der Waals surface area (Å²) in [6, 6.07) is 4.00. The average molecular weight is 228 g/mol. The number of pyridine rings is 1. The summed E-state index contributed by atoms with van der Waals surface area (Å²) in [6.07, 6.45) is 6.38. The molecule has 0 unspecified atom stereocenters. The first-order valence-electron chi connectivity index (χ1n) is 5.83. The third-order valence-electron chi connectivity index (χ3n) is 3.80. The van der Waals surface area contributed by atoms with E-state index in [2.05, 4.69) is 11.1 Å². The topological polar surface area (TPSA) is 63.0 Å². The zero-order valence-electron chi connectivity index (χ0n) is 9.35. The lowest BCUT2D eigenvalue weighted by Gasteiger charge is -2.34. The Kier molecular flexibility index (Phi) is 2.15. The predicted octanol–water partition coefficient (Wildman–Crippen LogP) is 2.16. The van der Waals surface area contributed by atoms with Crippen LogP contribution in [0.1, 0.15) is 41.6 Å². The molecular formula is C13H12N2O2. The summed E-state index contributed by atoms with van der Waals surface area (Å²) in [7, 11) is 0. The van der Waals surface area contributed by atoms with Crippen molar-refractivity contribution >= 4 is 5.97 Å². The highest BCUT2D eigenvalue weighted by molar-refractivity contribution is 5.94. The van der Waals surface area contributed by atoms with Crippen molar-refractivity contribution in [2.45, 2.75) is 31.3 Å². The highest BCUT2D eigenvalue weighted by atomic mass is 16.6. The Labute approximate surface area is 99.2 Å². The molecule has 1 saturated carbocycles. The minimum atomic E-state index is -0.506. The van der Waals surface area contributed by atoms with Crippen molar-refractivity contribution in [1.82, 2.24) is 4.98 Å². The van der Waals surface area contributed by atoms with Gasteiger partial charge in [-0.15, -0.1) is 0 Å². The summed E-state index contributed by atoms with van der Waals surface area (Å²) in [5.74, 6) is -0.155. The average Bonchev–Trinajstić information content (AvgIpc) is 2.65. The molecule has 0 N–H and O–H groups in total. The van der Waals surface area contributed by atoms with Gasteiger partial charge in [0.2, 0.25) is 0 Å². The van der Waals surface area contributed by atoms with Gasteiger partial charge in [-0.3, -0.25) is 4.98 Å². The van der Waals surface area contributed by atoms with Crippen LogP contribution in [0.3, 0.4) is 0 Å². The van der Waals surface area contributed by atoms with E-state index in [1.807, 2.05) is 0 Å². The minimum absolute atomic E-state index is 0.0973. The van der Waals surface area contributed by atoms with Gasteiger partial charge >= 0.3 is 5.97 Å². The number of rotatable bonds is 0. The zero-order chi connectivity index (χ0) is 11.9. The number of hydrogen-bond donors (Lipinski definition) is 0. The molecule has 1 spiro atoms. The molecule has 2 heterocycles. The maximum absolute atomic E-state index is 11.8. The largest absolute Gasteiger partial charge is 0.450 e. The third-order valence-corrected chi connectivity index (χ3v) is 3.80. The van der Waals surface area contributed by atoms with Crippen LogP contribution < -0.4 is 0 Å². The molecular weight excluding hydrogens is 216 g/mol. The first-order chi connectivity index (χ1) is 8.25. The molecule has 1 aromatic rings. The van der Waals surface area contributed by atoms with Crippen LogP contribution in [0.25, 0.3) is 0 Å². The first-order valence-corrected chi connectivity index (χ1v) is 5.83. The molecule has 0 bridgehead atoms. The summed E-state index contributed by atoms with van der Waals surface area (Å²) in [5.41, 5.74) is 1.03. The Bertz CT molecular complexity index is 510. The lowest BCUT2D eigenvalue weighted by molar-refractivity contribution is -0.0324. The number of carbonyl (C=O) groups is 1. The van der Waals surface area contributed by atoms with E-state index in [0.29, 0.717) is 5.56 Å². The number of fused-ring (bicyclic) bond motifs is 2. The van der Waals surface area contributed by atoms with Crippen LogP contribution in [0, 0.1) is 17.2 Å². The third kappa shape index (κ3) is 1.42. The normalized spacial score (nSPS) is 30.8. The lowest BCUT2D eigenvalue weighted by Crippen LogP contribution is -2.31. The highest BCUT2D eigenvalue weighted by Gasteiger charge is 2.47. The van der Waals surface area contributed by atoms with Gasteiger partial charge in [0.1, 0.15) is 5.60 Å². The van der Waals surface area contributed by atoms with E-state index in [1.165, 1.54) is 0 Å². The summed E-state index contributed by atoms with van der Waals surface area (Å²) >= 11 is 0. The van der Waals surface area contributed by atoms with Gasteiger partial charge in [-0.05, 0) is 31.7 Å². The number of nitrogens with zero attached hydrogens (tertiary/aromatic N) is 2. The fraction of sp³-hybridized carbons (Fsp3) is 0.462. The molecule has 0 radical (unpaired) electrons. The van der Waals surface area contributed by atoms with Crippen molar-refractivity contribution in [2.75, 3.05) is 0 Å². The van der Waals surface area contributed by atoms with Crippen molar-refractivity contribution < 1.29 is 9.53 Å². The lowest BCUT2D eigenvalue weighted by atomic mass is 9.76. The smallest absolute Gasteiger partial charge is 0.339 e. The molecule has 17 heavy (non-hydrogen) atoms. The molecule has 0 saturated heterocycles.